The Balaban J connectivity index is 2.11. The van der Waals surface area contributed by atoms with E-state index in [1.54, 1.807) is 42.7 Å². The van der Waals surface area contributed by atoms with Gasteiger partial charge in [-0.3, -0.25) is 14.6 Å². The largest absolute Gasteiger partial charge is 0.480 e. The third-order valence-electron chi connectivity index (χ3n) is 2.87. The summed E-state index contributed by atoms with van der Waals surface area (Å²) in [7, 11) is 1.68. The number of carbonyl (C=O) groups is 2. The molecule has 0 aliphatic carbocycles. The first-order chi connectivity index (χ1) is 9.58. The van der Waals surface area contributed by atoms with E-state index >= 15 is 0 Å². The van der Waals surface area contributed by atoms with E-state index in [2.05, 4.69) is 4.98 Å². The van der Waals surface area contributed by atoms with Gasteiger partial charge in [-0.2, -0.15) is 0 Å². The normalized spacial score (nSPS) is 10.2. The standard InChI is InChI=1S/C14H15N3O3/c1-16(9-11-4-6-15-7-5-11)14(20)12-3-2-8-17(12)10-13(18)19/h2-8H,9-10H2,1H3,(H,18,19). The van der Waals surface area contributed by atoms with Crippen LogP contribution in [0.15, 0.2) is 42.9 Å². The van der Waals surface area contributed by atoms with Crippen molar-refractivity contribution in [2.45, 2.75) is 13.1 Å². The lowest BCUT2D eigenvalue weighted by atomic mass is 10.2. The number of aliphatic carboxylic acids is 1. The van der Waals surface area contributed by atoms with E-state index in [1.165, 1.54) is 4.57 Å². The molecule has 0 aliphatic heterocycles. The van der Waals surface area contributed by atoms with Gasteiger partial charge in [-0.1, -0.05) is 0 Å². The molecule has 2 aromatic heterocycles. The minimum Gasteiger partial charge on any atom is -0.480 e. The molecule has 0 unspecified atom stereocenters. The fourth-order valence-electron chi connectivity index (χ4n) is 1.92. The Kier molecular flexibility index (Phi) is 4.14. The highest BCUT2D eigenvalue weighted by Crippen LogP contribution is 2.09. The van der Waals surface area contributed by atoms with Crippen LogP contribution in [0.25, 0.3) is 0 Å². The van der Waals surface area contributed by atoms with Crippen LogP contribution in [0.4, 0.5) is 0 Å². The number of carboxylic acid groups (broad SMARTS) is 1. The minimum absolute atomic E-state index is 0.215. The second kappa shape index (κ2) is 6.01. The van der Waals surface area contributed by atoms with Crippen molar-refractivity contribution >= 4 is 11.9 Å². The van der Waals surface area contributed by atoms with Gasteiger partial charge in [0.1, 0.15) is 12.2 Å². The predicted octanol–water partition coefficient (Wildman–Crippen LogP) is 1.24. The molecule has 2 aromatic rings. The van der Waals surface area contributed by atoms with Crippen molar-refractivity contribution in [3.63, 3.8) is 0 Å². The highest BCUT2D eigenvalue weighted by molar-refractivity contribution is 5.93. The monoisotopic (exact) mass is 273 g/mol. The Labute approximate surface area is 116 Å². The lowest BCUT2D eigenvalue weighted by molar-refractivity contribution is -0.137. The average Bonchev–Trinajstić information content (AvgIpc) is 2.86. The summed E-state index contributed by atoms with van der Waals surface area (Å²) in [5.74, 6) is -1.19. The molecule has 2 heterocycles. The Bertz CT molecular complexity index is 607. The maximum absolute atomic E-state index is 12.3. The Morgan fingerprint density at radius 3 is 2.65 bits per heavy atom. The summed E-state index contributed by atoms with van der Waals surface area (Å²) in [6, 6.07) is 6.95. The van der Waals surface area contributed by atoms with Crippen LogP contribution in [0.3, 0.4) is 0 Å². The van der Waals surface area contributed by atoms with Crippen LogP contribution < -0.4 is 0 Å². The summed E-state index contributed by atoms with van der Waals surface area (Å²) in [5.41, 5.74) is 1.33. The van der Waals surface area contributed by atoms with Gasteiger partial charge in [0.05, 0.1) is 0 Å². The number of hydrogen-bond donors (Lipinski definition) is 1. The lowest BCUT2D eigenvalue weighted by Crippen LogP contribution is -2.29. The number of hydrogen-bond acceptors (Lipinski definition) is 3. The van der Waals surface area contributed by atoms with Gasteiger partial charge in [-0.25, -0.2) is 0 Å². The highest BCUT2D eigenvalue weighted by Gasteiger charge is 2.16. The molecule has 104 valence electrons. The Morgan fingerprint density at radius 1 is 1.30 bits per heavy atom. The molecule has 0 aliphatic rings. The molecule has 1 N–H and O–H groups in total. The molecule has 2 rings (SSSR count). The number of amides is 1. The number of nitrogens with zero attached hydrogens (tertiary/aromatic N) is 3. The molecule has 0 fully saturated rings. The molecule has 1 amide bonds. The molecule has 0 bridgehead atoms. The molecule has 6 heteroatoms. The SMILES string of the molecule is CN(Cc1ccncc1)C(=O)c1cccn1CC(=O)O. The van der Waals surface area contributed by atoms with Gasteiger partial charge in [-0.15, -0.1) is 0 Å². The van der Waals surface area contributed by atoms with Gasteiger partial charge in [-0.05, 0) is 29.8 Å². The van der Waals surface area contributed by atoms with Gasteiger partial charge >= 0.3 is 5.97 Å². The first kappa shape index (κ1) is 13.8. The average molecular weight is 273 g/mol. The number of carboxylic acids is 1. The molecule has 20 heavy (non-hydrogen) atoms. The first-order valence-electron chi connectivity index (χ1n) is 6.09. The second-order valence-corrected chi connectivity index (χ2v) is 4.43. The van der Waals surface area contributed by atoms with Crippen LogP contribution in [0.2, 0.25) is 0 Å². The Hall–Kier alpha value is -2.63. The van der Waals surface area contributed by atoms with Crippen molar-refractivity contribution in [3.05, 3.63) is 54.1 Å². The molecule has 6 nitrogen and oxygen atoms in total. The molecule has 0 saturated carbocycles. The van der Waals surface area contributed by atoms with E-state index in [4.69, 9.17) is 5.11 Å². The molecule has 0 atom stereocenters. The minimum atomic E-state index is -0.980. The summed E-state index contributed by atoms with van der Waals surface area (Å²) in [6.07, 6.45) is 4.92. The van der Waals surface area contributed by atoms with Crippen LogP contribution in [-0.2, 0) is 17.9 Å². The smallest absolute Gasteiger partial charge is 0.323 e. The predicted molar refractivity (Wildman–Crippen MR) is 72.1 cm³/mol. The maximum Gasteiger partial charge on any atom is 0.323 e. The topological polar surface area (TPSA) is 75.4 Å². The molecular formula is C14H15N3O3. The van der Waals surface area contributed by atoms with E-state index in [0.29, 0.717) is 12.2 Å². The van der Waals surface area contributed by atoms with Gasteiger partial charge in [0.25, 0.3) is 5.91 Å². The van der Waals surface area contributed by atoms with Crippen LogP contribution >= 0.6 is 0 Å². The molecule has 0 radical (unpaired) electrons. The molecular weight excluding hydrogens is 258 g/mol. The highest BCUT2D eigenvalue weighted by atomic mass is 16.4. The van der Waals surface area contributed by atoms with Crippen molar-refractivity contribution in [1.29, 1.82) is 0 Å². The number of carbonyl (C=O) groups excluding carboxylic acids is 1. The van der Waals surface area contributed by atoms with Gasteiger partial charge < -0.3 is 14.6 Å². The summed E-state index contributed by atoms with van der Waals surface area (Å²) in [4.78, 5) is 28.5. The summed E-state index contributed by atoms with van der Waals surface area (Å²) >= 11 is 0. The zero-order valence-electron chi connectivity index (χ0n) is 11.1. The zero-order valence-corrected chi connectivity index (χ0v) is 11.1. The molecule has 0 spiro atoms. The van der Waals surface area contributed by atoms with Crippen molar-refractivity contribution < 1.29 is 14.7 Å². The fraction of sp³-hybridized carbons (Fsp3) is 0.214. The second-order valence-electron chi connectivity index (χ2n) is 4.43. The summed E-state index contributed by atoms with van der Waals surface area (Å²) in [5, 5.41) is 8.81. The van der Waals surface area contributed by atoms with E-state index in [9.17, 15) is 9.59 Å². The first-order valence-corrected chi connectivity index (χ1v) is 6.09. The lowest BCUT2D eigenvalue weighted by Gasteiger charge is -2.18. The van der Waals surface area contributed by atoms with Crippen molar-refractivity contribution in [2.75, 3.05) is 7.05 Å². The third-order valence-corrected chi connectivity index (χ3v) is 2.87. The van der Waals surface area contributed by atoms with E-state index in [-0.39, 0.29) is 12.5 Å². The van der Waals surface area contributed by atoms with Crippen LogP contribution in [0.1, 0.15) is 16.1 Å². The van der Waals surface area contributed by atoms with Crippen LogP contribution in [0, 0.1) is 0 Å². The number of pyridine rings is 1. The fourth-order valence-corrected chi connectivity index (χ4v) is 1.92. The van der Waals surface area contributed by atoms with E-state index in [1.807, 2.05) is 12.1 Å². The van der Waals surface area contributed by atoms with E-state index < -0.39 is 5.97 Å². The summed E-state index contributed by atoms with van der Waals surface area (Å²) in [6.45, 7) is 0.219. The van der Waals surface area contributed by atoms with Crippen molar-refractivity contribution in [3.8, 4) is 0 Å². The van der Waals surface area contributed by atoms with Gasteiger partial charge in [0, 0.05) is 32.2 Å². The van der Waals surface area contributed by atoms with E-state index in [0.717, 1.165) is 5.56 Å². The quantitative estimate of drug-likeness (QED) is 0.889. The van der Waals surface area contributed by atoms with Gasteiger partial charge in [0.15, 0.2) is 0 Å². The van der Waals surface area contributed by atoms with Crippen LogP contribution in [-0.4, -0.2) is 38.5 Å². The number of rotatable bonds is 5. The van der Waals surface area contributed by atoms with Crippen molar-refractivity contribution in [2.24, 2.45) is 0 Å². The maximum atomic E-state index is 12.3. The molecule has 0 saturated heterocycles. The number of aromatic nitrogens is 2. The summed E-state index contributed by atoms with van der Waals surface area (Å²) < 4.78 is 1.42. The van der Waals surface area contributed by atoms with Gasteiger partial charge in [0.2, 0.25) is 0 Å². The van der Waals surface area contributed by atoms with Crippen molar-refractivity contribution in [1.82, 2.24) is 14.5 Å². The molecule has 0 aromatic carbocycles. The Morgan fingerprint density at radius 2 is 2.00 bits per heavy atom. The van der Waals surface area contributed by atoms with Crippen LogP contribution in [0.5, 0.6) is 0 Å². The zero-order chi connectivity index (χ0) is 14.5. The third kappa shape index (κ3) is 3.23.